The summed E-state index contributed by atoms with van der Waals surface area (Å²) < 4.78 is 0. The average Bonchev–Trinajstić information content (AvgIpc) is 2.76. The lowest BCUT2D eigenvalue weighted by Crippen LogP contribution is -2.30. The minimum atomic E-state index is 0.182. The maximum Gasteiger partial charge on any atom is 0.0227 e. The zero-order valence-electron chi connectivity index (χ0n) is 15.2. The largest absolute Gasteiger partial charge is 0.309 e. The van der Waals surface area contributed by atoms with E-state index >= 15 is 0 Å². The van der Waals surface area contributed by atoms with Crippen molar-refractivity contribution < 1.29 is 0 Å². The van der Waals surface area contributed by atoms with E-state index in [-0.39, 0.29) is 5.41 Å². The van der Waals surface area contributed by atoms with E-state index in [0.29, 0.717) is 0 Å². The van der Waals surface area contributed by atoms with Gasteiger partial charge in [0.2, 0.25) is 0 Å². The Morgan fingerprint density at radius 2 is 1.35 bits per heavy atom. The average molecular weight is 307 g/mol. The van der Waals surface area contributed by atoms with Crippen molar-refractivity contribution >= 4 is 0 Å². The highest BCUT2D eigenvalue weighted by Gasteiger charge is 2.42. The van der Waals surface area contributed by atoms with Gasteiger partial charge >= 0.3 is 0 Å². The van der Waals surface area contributed by atoms with Crippen LogP contribution in [-0.4, -0.2) is 25.5 Å². The number of benzene rings is 2. The van der Waals surface area contributed by atoms with Gasteiger partial charge in [0.25, 0.3) is 0 Å². The zero-order chi connectivity index (χ0) is 16.6. The lowest BCUT2D eigenvalue weighted by Gasteiger charge is -2.33. The number of hydrogen-bond donors (Lipinski definition) is 0. The predicted molar refractivity (Wildman–Crippen MR) is 100 cm³/mol. The van der Waals surface area contributed by atoms with Gasteiger partial charge in [-0.1, -0.05) is 60.9 Å². The molecule has 1 aliphatic carbocycles. The first-order valence-electron chi connectivity index (χ1n) is 8.85. The summed E-state index contributed by atoms with van der Waals surface area (Å²) in [6, 6.07) is 14.1. The molecule has 1 aliphatic rings. The first-order chi connectivity index (χ1) is 11.0. The molecule has 2 aromatic carbocycles. The molecular weight excluding hydrogens is 278 g/mol. The molecule has 0 bridgehead atoms. The fraction of sp³-hybridized carbons (Fsp3) is 0.455. The molecule has 23 heavy (non-hydrogen) atoms. The highest BCUT2D eigenvalue weighted by molar-refractivity contribution is 5.81. The number of fused-ring (bicyclic) bond motifs is 3. The van der Waals surface area contributed by atoms with Crippen LogP contribution in [0.1, 0.15) is 48.4 Å². The van der Waals surface area contributed by atoms with Gasteiger partial charge < -0.3 is 4.90 Å². The van der Waals surface area contributed by atoms with Crippen molar-refractivity contribution in [3.63, 3.8) is 0 Å². The van der Waals surface area contributed by atoms with Gasteiger partial charge in [0.15, 0.2) is 0 Å². The van der Waals surface area contributed by atoms with Crippen LogP contribution < -0.4 is 0 Å². The SMILES string of the molecule is CCCC1(CCN(C)C)c2cc(C)ccc2-c2ccc(C)cc21. The molecule has 0 atom stereocenters. The van der Waals surface area contributed by atoms with Gasteiger partial charge in [-0.25, -0.2) is 0 Å². The summed E-state index contributed by atoms with van der Waals surface area (Å²) in [5.74, 6) is 0. The fourth-order valence-corrected chi connectivity index (χ4v) is 4.23. The minimum Gasteiger partial charge on any atom is -0.309 e. The first-order valence-corrected chi connectivity index (χ1v) is 8.85. The Balaban J connectivity index is 2.24. The molecule has 0 unspecified atom stereocenters. The number of rotatable bonds is 5. The van der Waals surface area contributed by atoms with E-state index in [1.54, 1.807) is 11.1 Å². The molecule has 0 radical (unpaired) electrons. The smallest absolute Gasteiger partial charge is 0.0227 e. The number of aryl methyl sites for hydroxylation is 2. The van der Waals surface area contributed by atoms with Crippen LogP contribution in [0.4, 0.5) is 0 Å². The van der Waals surface area contributed by atoms with Crippen LogP contribution in [0.25, 0.3) is 11.1 Å². The summed E-state index contributed by atoms with van der Waals surface area (Å²) in [6.07, 6.45) is 3.64. The van der Waals surface area contributed by atoms with E-state index in [0.717, 1.165) is 6.54 Å². The zero-order valence-corrected chi connectivity index (χ0v) is 15.2. The summed E-state index contributed by atoms with van der Waals surface area (Å²) in [7, 11) is 4.37. The molecule has 0 amide bonds. The molecule has 122 valence electrons. The predicted octanol–water partition coefficient (Wildman–Crippen LogP) is 5.32. The Kier molecular flexibility index (Phi) is 4.33. The lowest BCUT2D eigenvalue weighted by atomic mass is 9.71. The van der Waals surface area contributed by atoms with E-state index in [1.165, 1.54) is 41.5 Å². The van der Waals surface area contributed by atoms with Gasteiger partial charge in [-0.05, 0) is 69.6 Å². The fourth-order valence-electron chi connectivity index (χ4n) is 4.23. The highest BCUT2D eigenvalue weighted by Crippen LogP contribution is 2.53. The Morgan fingerprint density at radius 3 is 1.78 bits per heavy atom. The minimum absolute atomic E-state index is 0.182. The molecule has 0 saturated heterocycles. The summed E-state index contributed by atoms with van der Waals surface area (Å²) in [5.41, 5.74) is 8.96. The molecule has 0 aromatic heterocycles. The third-order valence-corrected chi connectivity index (χ3v) is 5.33. The Morgan fingerprint density at radius 1 is 0.826 bits per heavy atom. The molecule has 0 spiro atoms. The lowest BCUT2D eigenvalue weighted by molar-refractivity contribution is 0.333. The van der Waals surface area contributed by atoms with E-state index in [2.05, 4.69) is 76.2 Å². The van der Waals surface area contributed by atoms with Crippen molar-refractivity contribution in [3.05, 3.63) is 58.7 Å². The van der Waals surface area contributed by atoms with Gasteiger partial charge in [-0.15, -0.1) is 0 Å². The quantitative estimate of drug-likeness (QED) is 0.722. The van der Waals surface area contributed by atoms with Crippen LogP contribution in [0.2, 0.25) is 0 Å². The van der Waals surface area contributed by atoms with Gasteiger partial charge in [-0.2, -0.15) is 0 Å². The molecule has 0 fully saturated rings. The second-order valence-corrected chi connectivity index (χ2v) is 7.48. The van der Waals surface area contributed by atoms with Crippen LogP contribution >= 0.6 is 0 Å². The molecule has 3 rings (SSSR count). The van der Waals surface area contributed by atoms with Crippen molar-refractivity contribution in [1.29, 1.82) is 0 Å². The molecular formula is C22H29N. The van der Waals surface area contributed by atoms with Crippen LogP contribution in [0.15, 0.2) is 36.4 Å². The molecule has 0 heterocycles. The molecule has 1 heteroatoms. The Labute approximate surface area is 141 Å². The van der Waals surface area contributed by atoms with Gasteiger partial charge in [0.1, 0.15) is 0 Å². The van der Waals surface area contributed by atoms with Crippen LogP contribution in [0.5, 0.6) is 0 Å². The second kappa shape index (κ2) is 6.13. The van der Waals surface area contributed by atoms with E-state index in [9.17, 15) is 0 Å². The summed E-state index contributed by atoms with van der Waals surface area (Å²) >= 11 is 0. The number of nitrogens with zero attached hydrogens (tertiary/aromatic N) is 1. The second-order valence-electron chi connectivity index (χ2n) is 7.48. The normalized spacial score (nSPS) is 14.9. The first kappa shape index (κ1) is 16.3. The van der Waals surface area contributed by atoms with E-state index < -0.39 is 0 Å². The molecule has 1 nitrogen and oxygen atoms in total. The monoisotopic (exact) mass is 307 g/mol. The molecule has 0 N–H and O–H groups in total. The summed E-state index contributed by atoms with van der Waals surface area (Å²) in [6.45, 7) is 7.88. The van der Waals surface area contributed by atoms with E-state index in [4.69, 9.17) is 0 Å². The van der Waals surface area contributed by atoms with Crippen LogP contribution in [0.3, 0.4) is 0 Å². The van der Waals surface area contributed by atoms with Crippen molar-refractivity contribution in [2.75, 3.05) is 20.6 Å². The van der Waals surface area contributed by atoms with Crippen molar-refractivity contribution in [3.8, 4) is 11.1 Å². The standard InChI is InChI=1S/C22H29N/c1-6-11-22(12-13-23(4)5)20-14-16(2)7-9-18(20)19-10-8-17(3)15-21(19)22/h7-10,14-15H,6,11-13H2,1-5H3. The molecule has 2 aromatic rings. The third-order valence-electron chi connectivity index (χ3n) is 5.33. The van der Waals surface area contributed by atoms with Gasteiger partial charge in [0.05, 0.1) is 0 Å². The molecule has 0 aliphatic heterocycles. The van der Waals surface area contributed by atoms with Crippen LogP contribution in [-0.2, 0) is 5.41 Å². The highest BCUT2D eigenvalue weighted by atomic mass is 15.0. The molecule has 0 saturated carbocycles. The Bertz CT molecular complexity index is 660. The third kappa shape index (κ3) is 2.72. The van der Waals surface area contributed by atoms with Crippen LogP contribution in [0, 0.1) is 13.8 Å². The Hall–Kier alpha value is -1.60. The maximum absolute atomic E-state index is 2.44. The van der Waals surface area contributed by atoms with Crippen molar-refractivity contribution in [2.24, 2.45) is 0 Å². The topological polar surface area (TPSA) is 3.24 Å². The summed E-state index contributed by atoms with van der Waals surface area (Å²) in [4.78, 5) is 2.32. The summed E-state index contributed by atoms with van der Waals surface area (Å²) in [5, 5.41) is 0. The van der Waals surface area contributed by atoms with Crippen molar-refractivity contribution in [1.82, 2.24) is 4.90 Å². The van der Waals surface area contributed by atoms with Gasteiger partial charge in [-0.3, -0.25) is 0 Å². The van der Waals surface area contributed by atoms with E-state index in [1.807, 2.05) is 0 Å². The van der Waals surface area contributed by atoms with Crippen molar-refractivity contribution in [2.45, 2.75) is 45.4 Å². The number of hydrogen-bond acceptors (Lipinski definition) is 1. The van der Waals surface area contributed by atoms with Gasteiger partial charge in [0, 0.05) is 5.41 Å². The maximum atomic E-state index is 2.44.